The number of nitrogens with one attached hydrogen (secondary N) is 2. The number of H-pyrrole nitrogens is 1. The van der Waals surface area contributed by atoms with Gasteiger partial charge in [-0.2, -0.15) is 0 Å². The van der Waals surface area contributed by atoms with E-state index >= 15 is 0 Å². The number of benzene rings is 2. The Kier molecular flexibility index (Phi) is 4.84. The Morgan fingerprint density at radius 2 is 1.89 bits per heavy atom. The van der Waals surface area contributed by atoms with E-state index in [4.69, 9.17) is 4.74 Å². The van der Waals surface area contributed by atoms with Crippen LogP contribution in [0.25, 0.3) is 11.0 Å². The van der Waals surface area contributed by atoms with Crippen LogP contribution in [0.1, 0.15) is 0 Å². The number of aromatic nitrogens is 2. The molecule has 4 rings (SSSR count). The zero-order valence-electron chi connectivity index (χ0n) is 15.5. The van der Waals surface area contributed by atoms with Gasteiger partial charge in [-0.3, -0.25) is 9.59 Å². The second kappa shape index (κ2) is 7.59. The van der Waals surface area contributed by atoms with Gasteiger partial charge in [0.15, 0.2) is 0 Å². The number of anilines is 2. The van der Waals surface area contributed by atoms with E-state index in [-0.39, 0.29) is 0 Å². The highest BCUT2D eigenvalue weighted by atomic mass is 16.5. The van der Waals surface area contributed by atoms with Crippen LogP contribution in [0.4, 0.5) is 11.4 Å². The van der Waals surface area contributed by atoms with Crippen LogP contribution < -0.4 is 15.0 Å². The molecule has 0 bridgehead atoms. The summed E-state index contributed by atoms with van der Waals surface area (Å²) >= 11 is 0. The minimum atomic E-state index is -0.635. The van der Waals surface area contributed by atoms with Gasteiger partial charge in [0.1, 0.15) is 5.75 Å². The summed E-state index contributed by atoms with van der Waals surface area (Å²) in [6, 6.07) is 13.1. The van der Waals surface area contributed by atoms with E-state index in [2.05, 4.69) is 20.2 Å². The predicted molar refractivity (Wildman–Crippen MR) is 107 cm³/mol. The number of carbonyl (C=O) groups excluding carboxylic acids is 2. The molecule has 0 saturated carbocycles. The normalized spacial score (nSPS) is 14.2. The third-order valence-electron chi connectivity index (χ3n) is 4.87. The van der Waals surface area contributed by atoms with Gasteiger partial charge >= 0.3 is 11.8 Å². The molecule has 0 spiro atoms. The van der Waals surface area contributed by atoms with Crippen molar-refractivity contribution in [3.05, 3.63) is 48.8 Å². The third kappa shape index (κ3) is 3.48. The summed E-state index contributed by atoms with van der Waals surface area (Å²) in [5.41, 5.74) is 3.16. The number of para-hydroxylation sites is 2. The highest BCUT2D eigenvalue weighted by Gasteiger charge is 2.27. The summed E-state index contributed by atoms with van der Waals surface area (Å²) in [7, 11) is 1.64. The van der Waals surface area contributed by atoms with Crippen molar-refractivity contribution >= 4 is 34.2 Å². The summed E-state index contributed by atoms with van der Waals surface area (Å²) in [6.45, 7) is 2.23. The molecule has 2 N–H and O–H groups in total. The van der Waals surface area contributed by atoms with Crippen LogP contribution in [-0.4, -0.2) is 60.0 Å². The lowest BCUT2D eigenvalue weighted by atomic mass is 10.2. The van der Waals surface area contributed by atoms with Gasteiger partial charge < -0.3 is 24.8 Å². The fraction of sp³-hybridized carbons (Fsp3) is 0.250. The van der Waals surface area contributed by atoms with Crippen LogP contribution in [0.15, 0.2) is 48.8 Å². The number of rotatable bonds is 3. The largest absolute Gasteiger partial charge is 0.495 e. The van der Waals surface area contributed by atoms with Gasteiger partial charge in [0, 0.05) is 31.9 Å². The SMILES string of the molecule is COc1ccccc1N1CCN(C(=O)C(=O)Nc2ccc3nc[nH]c3c2)CC1. The van der Waals surface area contributed by atoms with E-state index < -0.39 is 11.8 Å². The topological polar surface area (TPSA) is 90.6 Å². The number of aromatic amines is 1. The van der Waals surface area contributed by atoms with Crippen molar-refractivity contribution in [2.24, 2.45) is 0 Å². The molecule has 0 atom stereocenters. The first-order valence-electron chi connectivity index (χ1n) is 9.07. The monoisotopic (exact) mass is 379 g/mol. The van der Waals surface area contributed by atoms with E-state index in [0.717, 1.165) is 22.5 Å². The zero-order chi connectivity index (χ0) is 19.5. The first kappa shape index (κ1) is 17.8. The van der Waals surface area contributed by atoms with Crippen molar-refractivity contribution in [1.82, 2.24) is 14.9 Å². The van der Waals surface area contributed by atoms with Crippen LogP contribution in [-0.2, 0) is 9.59 Å². The number of ether oxygens (including phenoxy) is 1. The fourth-order valence-corrected chi connectivity index (χ4v) is 3.38. The van der Waals surface area contributed by atoms with Crippen LogP contribution >= 0.6 is 0 Å². The molecule has 3 aromatic rings. The van der Waals surface area contributed by atoms with E-state index in [0.29, 0.717) is 31.9 Å². The van der Waals surface area contributed by atoms with Crippen LogP contribution in [0, 0.1) is 0 Å². The van der Waals surface area contributed by atoms with E-state index in [9.17, 15) is 9.59 Å². The molecule has 2 amide bonds. The van der Waals surface area contributed by atoms with Gasteiger partial charge in [-0.25, -0.2) is 4.98 Å². The van der Waals surface area contributed by atoms with Crippen LogP contribution in [0.5, 0.6) is 5.75 Å². The number of hydrogen-bond acceptors (Lipinski definition) is 5. The van der Waals surface area contributed by atoms with E-state index in [1.165, 1.54) is 0 Å². The van der Waals surface area contributed by atoms with Crippen molar-refractivity contribution < 1.29 is 14.3 Å². The Bertz CT molecular complexity index is 1010. The maximum Gasteiger partial charge on any atom is 0.313 e. The van der Waals surface area contributed by atoms with Crippen molar-refractivity contribution in [3.8, 4) is 5.75 Å². The lowest BCUT2D eigenvalue weighted by Gasteiger charge is -2.36. The molecule has 2 aromatic carbocycles. The molecule has 8 heteroatoms. The summed E-state index contributed by atoms with van der Waals surface area (Å²) in [5, 5.41) is 2.67. The smallest absolute Gasteiger partial charge is 0.313 e. The third-order valence-corrected chi connectivity index (χ3v) is 4.87. The molecule has 1 aliphatic rings. The number of imidazole rings is 1. The molecular formula is C20H21N5O3. The molecule has 0 radical (unpaired) electrons. The van der Waals surface area contributed by atoms with E-state index in [1.807, 2.05) is 24.3 Å². The Hall–Kier alpha value is -3.55. The molecule has 1 fully saturated rings. The maximum absolute atomic E-state index is 12.5. The first-order chi connectivity index (χ1) is 13.7. The summed E-state index contributed by atoms with van der Waals surface area (Å²) in [6.07, 6.45) is 1.59. The maximum atomic E-state index is 12.5. The number of amides is 2. The average molecular weight is 379 g/mol. The number of hydrogen-bond donors (Lipinski definition) is 2. The lowest BCUT2D eigenvalue weighted by molar-refractivity contribution is -0.143. The van der Waals surface area contributed by atoms with E-state index in [1.54, 1.807) is 36.5 Å². The molecule has 1 aromatic heterocycles. The Labute approximate surface area is 162 Å². The number of carbonyl (C=O) groups is 2. The van der Waals surface area contributed by atoms with Gasteiger partial charge in [0.05, 0.1) is 30.2 Å². The molecule has 28 heavy (non-hydrogen) atoms. The summed E-state index contributed by atoms with van der Waals surface area (Å²) in [5.74, 6) is -0.358. The van der Waals surface area contributed by atoms with Gasteiger partial charge in [0.25, 0.3) is 0 Å². The molecule has 2 heterocycles. The Morgan fingerprint density at radius 1 is 1.11 bits per heavy atom. The highest BCUT2D eigenvalue weighted by Crippen LogP contribution is 2.28. The zero-order valence-corrected chi connectivity index (χ0v) is 15.5. The number of fused-ring (bicyclic) bond motifs is 1. The second-order valence-corrected chi connectivity index (χ2v) is 6.54. The Morgan fingerprint density at radius 3 is 2.68 bits per heavy atom. The van der Waals surface area contributed by atoms with Crippen molar-refractivity contribution in [2.45, 2.75) is 0 Å². The minimum absolute atomic E-state index is 0.476. The van der Waals surface area contributed by atoms with Crippen molar-refractivity contribution in [3.63, 3.8) is 0 Å². The predicted octanol–water partition coefficient (Wildman–Crippen LogP) is 1.86. The number of nitrogens with zero attached hydrogens (tertiary/aromatic N) is 3. The summed E-state index contributed by atoms with van der Waals surface area (Å²) < 4.78 is 5.41. The van der Waals surface area contributed by atoms with Crippen molar-refractivity contribution in [2.75, 3.05) is 43.5 Å². The van der Waals surface area contributed by atoms with Gasteiger partial charge in [-0.1, -0.05) is 12.1 Å². The molecule has 144 valence electrons. The standard InChI is InChI=1S/C20H21N5O3/c1-28-18-5-3-2-4-17(18)24-8-10-25(11-9-24)20(27)19(26)23-14-6-7-15-16(12-14)22-13-21-15/h2-7,12-13H,8-11H2,1H3,(H,21,22)(H,23,26). The lowest BCUT2D eigenvalue weighted by Crippen LogP contribution is -2.51. The summed E-state index contributed by atoms with van der Waals surface area (Å²) in [4.78, 5) is 35.8. The molecular weight excluding hydrogens is 358 g/mol. The first-order valence-corrected chi connectivity index (χ1v) is 9.07. The van der Waals surface area contributed by atoms with Gasteiger partial charge in [-0.05, 0) is 30.3 Å². The molecule has 8 nitrogen and oxygen atoms in total. The number of methoxy groups -OCH3 is 1. The quantitative estimate of drug-likeness (QED) is 0.678. The Balaban J connectivity index is 1.37. The molecule has 1 aliphatic heterocycles. The average Bonchev–Trinajstić information content (AvgIpc) is 3.21. The number of piperazine rings is 1. The van der Waals surface area contributed by atoms with Crippen LogP contribution in [0.3, 0.4) is 0 Å². The fourth-order valence-electron chi connectivity index (χ4n) is 3.38. The minimum Gasteiger partial charge on any atom is -0.495 e. The second-order valence-electron chi connectivity index (χ2n) is 6.54. The molecule has 0 aliphatic carbocycles. The highest BCUT2D eigenvalue weighted by molar-refractivity contribution is 6.39. The molecule has 0 unspecified atom stereocenters. The van der Waals surface area contributed by atoms with Gasteiger partial charge in [-0.15, -0.1) is 0 Å². The van der Waals surface area contributed by atoms with Crippen molar-refractivity contribution in [1.29, 1.82) is 0 Å². The molecule has 1 saturated heterocycles. The van der Waals surface area contributed by atoms with Crippen LogP contribution in [0.2, 0.25) is 0 Å². The van der Waals surface area contributed by atoms with Gasteiger partial charge in [0.2, 0.25) is 0 Å².